The lowest BCUT2D eigenvalue weighted by atomic mass is 10.1. The van der Waals surface area contributed by atoms with Crippen LogP contribution in [0.2, 0.25) is 0 Å². The molecule has 2 aromatic rings. The van der Waals surface area contributed by atoms with Crippen molar-refractivity contribution in [2.24, 2.45) is 12.8 Å². The van der Waals surface area contributed by atoms with E-state index in [-0.39, 0.29) is 11.1 Å². The standard InChI is InChI=1S/C10H8N4O4/c1-13-7-3-2-5(14(17)18)4-6(7)9(15)8(12-13)10(11)16/h2-4H,1H3,(H2,11,16). The van der Waals surface area contributed by atoms with Gasteiger partial charge < -0.3 is 5.73 Å². The highest BCUT2D eigenvalue weighted by molar-refractivity contribution is 5.94. The van der Waals surface area contributed by atoms with E-state index >= 15 is 0 Å². The van der Waals surface area contributed by atoms with E-state index in [1.165, 1.54) is 23.9 Å². The average Bonchev–Trinajstić information content (AvgIpc) is 2.32. The summed E-state index contributed by atoms with van der Waals surface area (Å²) in [6.07, 6.45) is 0. The zero-order valence-electron chi connectivity index (χ0n) is 9.28. The predicted molar refractivity (Wildman–Crippen MR) is 62.2 cm³/mol. The molecule has 8 heteroatoms. The van der Waals surface area contributed by atoms with Gasteiger partial charge in [0.2, 0.25) is 5.43 Å². The number of nitro groups is 1. The maximum Gasteiger partial charge on any atom is 0.273 e. The third-order valence-electron chi connectivity index (χ3n) is 2.48. The normalized spacial score (nSPS) is 10.5. The number of primary amides is 1. The number of nitrogens with zero attached hydrogens (tertiary/aromatic N) is 3. The van der Waals surface area contributed by atoms with Gasteiger partial charge in [0.1, 0.15) is 0 Å². The smallest absolute Gasteiger partial charge is 0.273 e. The Morgan fingerprint density at radius 3 is 2.72 bits per heavy atom. The number of non-ortho nitro benzene ring substituents is 1. The first-order chi connectivity index (χ1) is 8.41. The summed E-state index contributed by atoms with van der Waals surface area (Å²) in [5.74, 6) is -0.969. The molecule has 1 heterocycles. The second-order valence-corrected chi connectivity index (χ2v) is 3.62. The number of nitrogens with two attached hydrogens (primary N) is 1. The molecule has 2 N–H and O–H groups in total. The summed E-state index contributed by atoms with van der Waals surface area (Å²) in [7, 11) is 1.51. The molecule has 0 unspecified atom stereocenters. The van der Waals surface area contributed by atoms with Gasteiger partial charge in [0, 0.05) is 19.2 Å². The second kappa shape index (κ2) is 3.91. The molecule has 0 aliphatic heterocycles. The highest BCUT2D eigenvalue weighted by atomic mass is 16.6. The van der Waals surface area contributed by atoms with Crippen molar-refractivity contribution in [1.82, 2.24) is 9.78 Å². The van der Waals surface area contributed by atoms with Crippen LogP contribution in [0.5, 0.6) is 0 Å². The highest BCUT2D eigenvalue weighted by Crippen LogP contribution is 2.17. The Morgan fingerprint density at radius 1 is 1.50 bits per heavy atom. The molecule has 0 bridgehead atoms. The molecule has 0 aliphatic carbocycles. The number of aryl methyl sites for hydroxylation is 1. The molecule has 0 fully saturated rings. The van der Waals surface area contributed by atoms with E-state index in [1.807, 2.05) is 0 Å². The summed E-state index contributed by atoms with van der Waals surface area (Å²) < 4.78 is 1.28. The number of hydrogen-bond donors (Lipinski definition) is 1. The Kier molecular flexibility index (Phi) is 2.55. The van der Waals surface area contributed by atoms with Gasteiger partial charge in [-0.1, -0.05) is 0 Å². The van der Waals surface area contributed by atoms with Crippen molar-refractivity contribution in [2.75, 3.05) is 0 Å². The number of aromatic nitrogens is 2. The van der Waals surface area contributed by atoms with Gasteiger partial charge in [-0.05, 0) is 6.07 Å². The van der Waals surface area contributed by atoms with Crippen LogP contribution >= 0.6 is 0 Å². The van der Waals surface area contributed by atoms with Gasteiger partial charge in [-0.2, -0.15) is 5.10 Å². The van der Waals surface area contributed by atoms with Crippen LogP contribution < -0.4 is 11.2 Å². The van der Waals surface area contributed by atoms with Crippen molar-refractivity contribution in [1.29, 1.82) is 0 Å². The number of nitro benzene ring substituents is 1. The van der Waals surface area contributed by atoms with Gasteiger partial charge in [0.25, 0.3) is 11.6 Å². The molecule has 0 radical (unpaired) electrons. The predicted octanol–water partition coefficient (Wildman–Crippen LogP) is -0.0594. The van der Waals surface area contributed by atoms with Gasteiger partial charge in [0.05, 0.1) is 15.8 Å². The Hall–Kier alpha value is -2.77. The van der Waals surface area contributed by atoms with E-state index in [0.717, 1.165) is 6.07 Å². The maximum atomic E-state index is 11.9. The molecule has 92 valence electrons. The minimum absolute atomic E-state index is 0.0375. The van der Waals surface area contributed by atoms with Crippen LogP contribution in [-0.2, 0) is 7.05 Å². The van der Waals surface area contributed by atoms with Gasteiger partial charge in [0.15, 0.2) is 5.69 Å². The molecular weight excluding hydrogens is 240 g/mol. The number of carbonyl (C=O) groups is 1. The molecule has 0 atom stereocenters. The molecule has 0 spiro atoms. The Bertz CT molecular complexity index is 734. The molecular formula is C10H8N4O4. The zero-order chi connectivity index (χ0) is 13.4. The van der Waals surface area contributed by atoms with E-state index in [2.05, 4.69) is 5.10 Å². The highest BCUT2D eigenvalue weighted by Gasteiger charge is 2.16. The van der Waals surface area contributed by atoms with Crippen LogP contribution in [0.25, 0.3) is 10.9 Å². The van der Waals surface area contributed by atoms with E-state index < -0.39 is 22.0 Å². The minimum Gasteiger partial charge on any atom is -0.364 e. The van der Waals surface area contributed by atoms with Crippen LogP contribution in [0.1, 0.15) is 10.5 Å². The maximum absolute atomic E-state index is 11.9. The number of rotatable bonds is 2. The van der Waals surface area contributed by atoms with Gasteiger partial charge in [-0.3, -0.25) is 24.4 Å². The molecule has 1 aromatic carbocycles. The number of hydrogen-bond acceptors (Lipinski definition) is 5. The van der Waals surface area contributed by atoms with Crippen molar-refractivity contribution in [2.45, 2.75) is 0 Å². The van der Waals surface area contributed by atoms with Gasteiger partial charge >= 0.3 is 0 Å². The first-order valence-corrected chi connectivity index (χ1v) is 4.87. The van der Waals surface area contributed by atoms with Crippen molar-refractivity contribution in [3.05, 3.63) is 44.2 Å². The van der Waals surface area contributed by atoms with Crippen LogP contribution in [0.3, 0.4) is 0 Å². The quantitative estimate of drug-likeness (QED) is 0.589. The fourth-order valence-corrected chi connectivity index (χ4v) is 1.64. The number of amides is 1. The first-order valence-electron chi connectivity index (χ1n) is 4.87. The SMILES string of the molecule is Cn1nc(C(N)=O)c(=O)c2cc([N+](=O)[O-])ccc21. The van der Waals surface area contributed by atoms with E-state index in [4.69, 9.17) is 5.73 Å². The zero-order valence-corrected chi connectivity index (χ0v) is 9.28. The molecule has 0 saturated carbocycles. The number of benzene rings is 1. The average molecular weight is 248 g/mol. The number of carbonyl (C=O) groups excluding carboxylic acids is 1. The lowest BCUT2D eigenvalue weighted by molar-refractivity contribution is -0.384. The molecule has 1 aromatic heterocycles. The molecule has 8 nitrogen and oxygen atoms in total. The summed E-state index contributed by atoms with van der Waals surface area (Å²) in [4.78, 5) is 33.0. The largest absolute Gasteiger partial charge is 0.364 e. The van der Waals surface area contributed by atoms with E-state index in [1.54, 1.807) is 0 Å². The molecule has 0 saturated heterocycles. The van der Waals surface area contributed by atoms with Crippen molar-refractivity contribution in [3.63, 3.8) is 0 Å². The molecule has 1 amide bonds. The lowest BCUT2D eigenvalue weighted by Gasteiger charge is -2.05. The fourth-order valence-electron chi connectivity index (χ4n) is 1.64. The second-order valence-electron chi connectivity index (χ2n) is 3.62. The summed E-state index contributed by atoms with van der Waals surface area (Å²) in [5, 5.41) is 14.4. The summed E-state index contributed by atoms with van der Waals surface area (Å²) in [6, 6.07) is 3.76. The van der Waals surface area contributed by atoms with Gasteiger partial charge in [-0.25, -0.2) is 0 Å². The summed E-state index contributed by atoms with van der Waals surface area (Å²) in [6.45, 7) is 0. The summed E-state index contributed by atoms with van der Waals surface area (Å²) in [5.41, 5.74) is 4.03. The molecule has 2 rings (SSSR count). The minimum atomic E-state index is -0.969. The Labute approximate surface area is 99.8 Å². The van der Waals surface area contributed by atoms with Crippen LogP contribution in [-0.4, -0.2) is 20.6 Å². The lowest BCUT2D eigenvalue weighted by Crippen LogP contribution is -2.26. The third-order valence-corrected chi connectivity index (χ3v) is 2.48. The molecule has 0 aliphatic rings. The number of fused-ring (bicyclic) bond motifs is 1. The fraction of sp³-hybridized carbons (Fsp3) is 0.100. The third kappa shape index (κ3) is 1.69. The Morgan fingerprint density at radius 2 is 2.17 bits per heavy atom. The monoisotopic (exact) mass is 248 g/mol. The molecule has 18 heavy (non-hydrogen) atoms. The van der Waals surface area contributed by atoms with Crippen molar-refractivity contribution < 1.29 is 9.72 Å². The first kappa shape index (κ1) is 11.7. The summed E-state index contributed by atoms with van der Waals surface area (Å²) >= 11 is 0. The van der Waals surface area contributed by atoms with Crippen LogP contribution in [0.4, 0.5) is 5.69 Å². The van der Waals surface area contributed by atoms with Crippen LogP contribution in [0, 0.1) is 10.1 Å². The van der Waals surface area contributed by atoms with Crippen molar-refractivity contribution >= 4 is 22.5 Å². The van der Waals surface area contributed by atoms with Crippen LogP contribution in [0.15, 0.2) is 23.0 Å². The van der Waals surface area contributed by atoms with E-state index in [9.17, 15) is 19.7 Å². The van der Waals surface area contributed by atoms with Gasteiger partial charge in [-0.15, -0.1) is 0 Å². The van der Waals surface area contributed by atoms with Crippen molar-refractivity contribution in [3.8, 4) is 0 Å². The Balaban J connectivity index is 2.92. The van der Waals surface area contributed by atoms with E-state index in [0.29, 0.717) is 5.52 Å². The topological polar surface area (TPSA) is 121 Å².